The van der Waals surface area contributed by atoms with Crippen LogP contribution in [-0.4, -0.2) is 21.1 Å². The molecule has 0 aliphatic carbocycles. The molecule has 1 aliphatic rings. The fraction of sp³-hybridized carbons (Fsp3) is 0.167. The van der Waals surface area contributed by atoms with E-state index in [2.05, 4.69) is 50.6 Å². The number of halogens is 1. The van der Waals surface area contributed by atoms with Gasteiger partial charge in [-0.25, -0.2) is 4.39 Å². The highest BCUT2D eigenvalue weighted by Gasteiger charge is 2.31. The molecule has 1 aromatic carbocycles. The lowest BCUT2D eigenvalue weighted by Gasteiger charge is -2.38. The topological polar surface area (TPSA) is 20.2 Å². The first-order valence-electron chi connectivity index (χ1n) is 7.74. The first-order valence-corrected chi connectivity index (χ1v) is 9.03. The molecule has 1 N–H and O–H groups in total. The van der Waals surface area contributed by atoms with Crippen molar-refractivity contribution in [2.45, 2.75) is 12.6 Å². The van der Waals surface area contributed by atoms with Gasteiger partial charge >= 0.3 is 0 Å². The number of thiophene rings is 1. The predicted molar refractivity (Wildman–Crippen MR) is 99.9 cm³/mol. The molecule has 3 aromatic rings. The van der Waals surface area contributed by atoms with Crippen molar-refractivity contribution < 1.29 is 4.39 Å². The lowest BCUT2D eigenvalue weighted by molar-refractivity contribution is 0.297. The predicted octanol–water partition coefficient (Wildman–Crippen LogP) is 4.49. The van der Waals surface area contributed by atoms with E-state index in [0.717, 1.165) is 18.8 Å². The Kier molecular flexibility index (Phi) is 4.08. The van der Waals surface area contributed by atoms with Crippen molar-refractivity contribution in [1.29, 1.82) is 0 Å². The molecule has 4 rings (SSSR count). The molecule has 122 valence electrons. The zero-order chi connectivity index (χ0) is 16.5. The Morgan fingerprint density at radius 1 is 1.12 bits per heavy atom. The van der Waals surface area contributed by atoms with Gasteiger partial charge in [0.15, 0.2) is 5.11 Å². The minimum absolute atomic E-state index is 0.106. The highest BCUT2D eigenvalue weighted by atomic mass is 32.1. The van der Waals surface area contributed by atoms with E-state index < -0.39 is 0 Å². The SMILES string of the molecule is Fc1ccc(NC(=S)N2CCn3cccc3[C@H]2c2cccs2)cc1. The Morgan fingerprint density at radius 3 is 2.71 bits per heavy atom. The zero-order valence-corrected chi connectivity index (χ0v) is 14.5. The quantitative estimate of drug-likeness (QED) is 0.683. The maximum atomic E-state index is 13.1. The van der Waals surface area contributed by atoms with Crippen LogP contribution in [0.25, 0.3) is 0 Å². The molecule has 0 saturated carbocycles. The third kappa shape index (κ3) is 2.83. The summed E-state index contributed by atoms with van der Waals surface area (Å²) in [6.07, 6.45) is 2.11. The molecular formula is C18H16FN3S2. The van der Waals surface area contributed by atoms with E-state index >= 15 is 0 Å². The van der Waals surface area contributed by atoms with Gasteiger partial charge in [-0.05, 0) is 60.1 Å². The third-order valence-electron chi connectivity index (χ3n) is 4.21. The van der Waals surface area contributed by atoms with Crippen molar-refractivity contribution in [2.24, 2.45) is 0 Å². The summed E-state index contributed by atoms with van der Waals surface area (Å²) in [6.45, 7) is 1.73. The lowest BCUT2D eigenvalue weighted by Crippen LogP contribution is -2.44. The van der Waals surface area contributed by atoms with E-state index in [4.69, 9.17) is 12.2 Å². The van der Waals surface area contributed by atoms with Gasteiger partial charge in [-0.2, -0.15) is 0 Å². The molecule has 1 atom stereocenters. The maximum Gasteiger partial charge on any atom is 0.174 e. The number of hydrogen-bond donors (Lipinski definition) is 1. The number of hydrogen-bond acceptors (Lipinski definition) is 2. The van der Waals surface area contributed by atoms with Gasteiger partial charge in [0.2, 0.25) is 0 Å². The Hall–Kier alpha value is -2.18. The van der Waals surface area contributed by atoms with Crippen molar-refractivity contribution in [3.8, 4) is 0 Å². The molecule has 0 bridgehead atoms. The molecule has 24 heavy (non-hydrogen) atoms. The minimum Gasteiger partial charge on any atom is -0.347 e. The van der Waals surface area contributed by atoms with Crippen molar-refractivity contribution in [2.75, 3.05) is 11.9 Å². The van der Waals surface area contributed by atoms with Crippen LogP contribution in [0, 0.1) is 5.82 Å². The van der Waals surface area contributed by atoms with Gasteiger partial charge in [0.1, 0.15) is 11.9 Å². The Labute approximate surface area is 149 Å². The van der Waals surface area contributed by atoms with Crippen LogP contribution in [0.2, 0.25) is 0 Å². The first-order chi connectivity index (χ1) is 11.7. The monoisotopic (exact) mass is 357 g/mol. The Morgan fingerprint density at radius 2 is 1.96 bits per heavy atom. The van der Waals surface area contributed by atoms with Crippen LogP contribution in [0.15, 0.2) is 60.1 Å². The molecule has 1 aliphatic heterocycles. The zero-order valence-electron chi connectivity index (χ0n) is 12.9. The van der Waals surface area contributed by atoms with E-state index in [1.54, 1.807) is 23.5 Å². The van der Waals surface area contributed by atoms with Crippen LogP contribution in [0.3, 0.4) is 0 Å². The van der Waals surface area contributed by atoms with E-state index in [-0.39, 0.29) is 11.9 Å². The summed E-state index contributed by atoms with van der Waals surface area (Å²) >= 11 is 7.39. The molecule has 0 fully saturated rings. The van der Waals surface area contributed by atoms with E-state index in [0.29, 0.717) is 5.11 Å². The number of nitrogens with one attached hydrogen (secondary N) is 1. The van der Waals surface area contributed by atoms with Gasteiger partial charge in [0, 0.05) is 35.5 Å². The second kappa shape index (κ2) is 6.37. The van der Waals surface area contributed by atoms with Gasteiger partial charge < -0.3 is 14.8 Å². The minimum atomic E-state index is -0.251. The van der Waals surface area contributed by atoms with E-state index in [9.17, 15) is 4.39 Å². The van der Waals surface area contributed by atoms with Crippen LogP contribution in [0.5, 0.6) is 0 Å². The summed E-state index contributed by atoms with van der Waals surface area (Å²) in [5.74, 6) is -0.251. The second-order valence-corrected chi connectivity index (χ2v) is 7.04. The van der Waals surface area contributed by atoms with Crippen LogP contribution in [-0.2, 0) is 6.54 Å². The normalized spacial score (nSPS) is 16.7. The fourth-order valence-electron chi connectivity index (χ4n) is 3.08. The molecule has 3 heterocycles. The molecule has 0 unspecified atom stereocenters. The van der Waals surface area contributed by atoms with Gasteiger partial charge in [0.25, 0.3) is 0 Å². The number of thiocarbonyl (C=S) groups is 1. The Balaban J connectivity index is 1.63. The van der Waals surface area contributed by atoms with E-state index in [1.165, 1.54) is 22.7 Å². The first kappa shape index (κ1) is 15.4. The van der Waals surface area contributed by atoms with Gasteiger partial charge in [-0.3, -0.25) is 0 Å². The summed E-state index contributed by atoms with van der Waals surface area (Å²) in [7, 11) is 0. The molecule has 0 saturated heterocycles. The van der Waals surface area contributed by atoms with E-state index in [1.807, 2.05) is 0 Å². The molecule has 0 radical (unpaired) electrons. The summed E-state index contributed by atoms with van der Waals surface area (Å²) in [5, 5.41) is 5.99. The smallest absolute Gasteiger partial charge is 0.174 e. The van der Waals surface area contributed by atoms with Gasteiger partial charge in [-0.1, -0.05) is 6.07 Å². The maximum absolute atomic E-state index is 13.1. The largest absolute Gasteiger partial charge is 0.347 e. The Bertz CT molecular complexity index is 840. The summed E-state index contributed by atoms with van der Waals surface area (Å²) in [5.41, 5.74) is 2.04. The number of anilines is 1. The average molecular weight is 357 g/mol. The number of nitrogens with zero attached hydrogens (tertiary/aromatic N) is 2. The summed E-state index contributed by atoms with van der Waals surface area (Å²) < 4.78 is 15.4. The van der Waals surface area contributed by atoms with Crippen molar-refractivity contribution in [3.05, 3.63) is 76.5 Å². The van der Waals surface area contributed by atoms with Gasteiger partial charge in [0.05, 0.1) is 0 Å². The highest BCUT2D eigenvalue weighted by Crippen LogP contribution is 2.35. The molecule has 0 spiro atoms. The number of fused-ring (bicyclic) bond motifs is 1. The second-order valence-electron chi connectivity index (χ2n) is 5.67. The van der Waals surface area contributed by atoms with Crippen molar-refractivity contribution in [1.82, 2.24) is 9.47 Å². The third-order valence-corrected chi connectivity index (χ3v) is 5.47. The molecule has 0 amide bonds. The number of aromatic nitrogens is 1. The lowest BCUT2D eigenvalue weighted by atomic mass is 10.1. The van der Waals surface area contributed by atoms with Gasteiger partial charge in [-0.15, -0.1) is 11.3 Å². The molecule has 3 nitrogen and oxygen atoms in total. The van der Waals surface area contributed by atoms with Crippen LogP contribution >= 0.6 is 23.6 Å². The van der Waals surface area contributed by atoms with Crippen LogP contribution in [0.1, 0.15) is 16.6 Å². The summed E-state index contributed by atoms with van der Waals surface area (Å²) in [6, 6.07) is 14.8. The molecule has 6 heteroatoms. The van der Waals surface area contributed by atoms with Crippen molar-refractivity contribution >= 4 is 34.4 Å². The van der Waals surface area contributed by atoms with Crippen molar-refractivity contribution in [3.63, 3.8) is 0 Å². The summed E-state index contributed by atoms with van der Waals surface area (Å²) in [4.78, 5) is 3.47. The highest BCUT2D eigenvalue weighted by molar-refractivity contribution is 7.80. The van der Waals surface area contributed by atoms with Crippen LogP contribution in [0.4, 0.5) is 10.1 Å². The number of rotatable bonds is 2. The fourth-order valence-corrected chi connectivity index (χ4v) is 4.24. The molecule has 2 aromatic heterocycles. The number of benzene rings is 1. The standard InChI is InChI=1S/C18H16FN3S2/c19-13-5-7-14(8-6-13)20-18(23)22-11-10-21-9-1-3-15(21)17(22)16-4-2-12-24-16/h1-9,12,17H,10-11H2,(H,20,23)/t17-/m0/s1. The van der Waals surface area contributed by atoms with Crippen LogP contribution < -0.4 is 5.32 Å². The average Bonchev–Trinajstić information content (AvgIpc) is 3.27. The molecular weight excluding hydrogens is 341 g/mol.